The van der Waals surface area contributed by atoms with E-state index < -0.39 is 0 Å². The van der Waals surface area contributed by atoms with Crippen molar-refractivity contribution in [3.05, 3.63) is 29.0 Å². The van der Waals surface area contributed by atoms with Gasteiger partial charge in [0, 0.05) is 11.7 Å². The maximum atomic E-state index is 11.8. The third kappa shape index (κ3) is 2.20. The lowest BCUT2D eigenvalue weighted by atomic mass is 10.1. The molecule has 0 bridgehead atoms. The third-order valence-corrected chi connectivity index (χ3v) is 2.48. The van der Waals surface area contributed by atoms with Crippen LogP contribution in [0.15, 0.2) is 22.8 Å². The lowest BCUT2D eigenvalue weighted by molar-refractivity contribution is -0.782. The van der Waals surface area contributed by atoms with E-state index >= 15 is 0 Å². The molecule has 0 radical (unpaired) electrons. The van der Waals surface area contributed by atoms with Crippen LogP contribution in [0.25, 0.3) is 11.0 Å². The van der Waals surface area contributed by atoms with E-state index in [4.69, 9.17) is 0 Å². The third-order valence-electron chi connectivity index (χ3n) is 2.48. The van der Waals surface area contributed by atoms with Crippen LogP contribution in [0.2, 0.25) is 0 Å². The van der Waals surface area contributed by atoms with E-state index in [-0.39, 0.29) is 21.8 Å². The number of unbranched alkanes of at least 4 members (excludes halogenated alkanes) is 1. The quantitative estimate of drug-likeness (QED) is 0.632. The van der Waals surface area contributed by atoms with Crippen LogP contribution in [0.3, 0.4) is 0 Å². The van der Waals surface area contributed by atoms with Gasteiger partial charge in [-0.05, 0) is 23.5 Å². The fraction of sp³-hybridized carbons (Fsp3) is 0.364. The molecular weight excluding hydrogens is 222 g/mol. The number of rotatable bonds is 4. The molecule has 0 aliphatic rings. The minimum absolute atomic E-state index is 0.238. The Balaban J connectivity index is 2.26. The average molecular weight is 235 g/mol. The molecule has 1 heterocycles. The SMILES string of the molecule is CCCCNC(=O)c1cccc2c1no[n+]2[O-]. The number of aromatic nitrogens is 2. The molecule has 2 rings (SSSR count). The number of fused-ring (bicyclic) bond motifs is 1. The maximum Gasteiger partial charge on any atom is 0.261 e. The van der Waals surface area contributed by atoms with Gasteiger partial charge in [-0.1, -0.05) is 19.4 Å². The van der Waals surface area contributed by atoms with Crippen molar-refractivity contribution >= 4 is 16.9 Å². The molecule has 90 valence electrons. The Morgan fingerprint density at radius 2 is 2.41 bits per heavy atom. The number of nitrogens with zero attached hydrogens (tertiary/aromatic N) is 2. The van der Waals surface area contributed by atoms with E-state index in [1.54, 1.807) is 18.2 Å². The summed E-state index contributed by atoms with van der Waals surface area (Å²) in [6, 6.07) is 4.80. The Morgan fingerprint density at radius 1 is 1.59 bits per heavy atom. The highest BCUT2D eigenvalue weighted by Crippen LogP contribution is 2.13. The predicted molar refractivity (Wildman–Crippen MR) is 60.2 cm³/mol. The Hall–Kier alpha value is -2.11. The first-order valence-corrected chi connectivity index (χ1v) is 5.50. The maximum absolute atomic E-state index is 11.8. The Kier molecular flexibility index (Phi) is 3.22. The van der Waals surface area contributed by atoms with E-state index in [1.165, 1.54) is 0 Å². The zero-order valence-electron chi connectivity index (χ0n) is 9.47. The van der Waals surface area contributed by atoms with Crippen LogP contribution in [-0.4, -0.2) is 17.6 Å². The number of hydrogen-bond donors (Lipinski definition) is 1. The smallest absolute Gasteiger partial charge is 0.261 e. The molecule has 6 nitrogen and oxygen atoms in total. The van der Waals surface area contributed by atoms with Crippen molar-refractivity contribution in [2.24, 2.45) is 0 Å². The highest BCUT2D eigenvalue weighted by molar-refractivity contribution is 6.03. The summed E-state index contributed by atoms with van der Waals surface area (Å²) in [7, 11) is 0. The van der Waals surface area contributed by atoms with Crippen molar-refractivity contribution in [2.45, 2.75) is 19.8 Å². The molecule has 2 aromatic rings. The molecule has 6 heteroatoms. The number of hydrogen-bond acceptors (Lipinski definition) is 4. The van der Waals surface area contributed by atoms with Gasteiger partial charge in [-0.15, -0.1) is 0 Å². The number of nitrogens with one attached hydrogen (secondary N) is 1. The van der Waals surface area contributed by atoms with Gasteiger partial charge in [-0.3, -0.25) is 9.42 Å². The van der Waals surface area contributed by atoms with Gasteiger partial charge < -0.3 is 10.5 Å². The molecule has 0 saturated carbocycles. The molecule has 1 aromatic heterocycles. The van der Waals surface area contributed by atoms with Crippen molar-refractivity contribution < 1.29 is 14.3 Å². The van der Waals surface area contributed by atoms with Gasteiger partial charge in [0.2, 0.25) is 5.52 Å². The van der Waals surface area contributed by atoms with Crippen LogP contribution in [0.5, 0.6) is 0 Å². The second-order valence-electron chi connectivity index (χ2n) is 3.71. The van der Waals surface area contributed by atoms with Crippen molar-refractivity contribution in [1.82, 2.24) is 10.5 Å². The minimum Gasteiger partial charge on any atom is -0.359 e. The molecule has 0 fully saturated rings. The zero-order chi connectivity index (χ0) is 12.3. The predicted octanol–water partition coefficient (Wildman–Crippen LogP) is 0.991. The molecule has 0 unspecified atom stereocenters. The zero-order valence-corrected chi connectivity index (χ0v) is 9.47. The second kappa shape index (κ2) is 4.82. The summed E-state index contributed by atoms with van der Waals surface area (Å²) in [4.78, 5) is 12.1. The minimum atomic E-state index is -0.238. The number of carbonyl (C=O) groups excluding carboxylic acids is 1. The summed E-state index contributed by atoms with van der Waals surface area (Å²) in [6.07, 6.45) is 1.93. The van der Waals surface area contributed by atoms with Crippen LogP contribution < -0.4 is 10.2 Å². The van der Waals surface area contributed by atoms with Gasteiger partial charge in [-0.2, -0.15) is 0 Å². The van der Waals surface area contributed by atoms with Crippen LogP contribution in [0, 0.1) is 5.21 Å². The molecule has 0 atom stereocenters. The summed E-state index contributed by atoms with van der Waals surface area (Å²) in [6.45, 7) is 2.66. The van der Waals surface area contributed by atoms with E-state index in [0.717, 1.165) is 12.8 Å². The fourth-order valence-corrected chi connectivity index (χ4v) is 1.55. The van der Waals surface area contributed by atoms with Gasteiger partial charge in [0.25, 0.3) is 11.4 Å². The van der Waals surface area contributed by atoms with Crippen LogP contribution in [-0.2, 0) is 0 Å². The normalized spacial score (nSPS) is 10.6. The van der Waals surface area contributed by atoms with Crippen molar-refractivity contribution in [3.63, 3.8) is 0 Å². The van der Waals surface area contributed by atoms with Gasteiger partial charge in [0.05, 0.1) is 5.56 Å². The summed E-state index contributed by atoms with van der Waals surface area (Å²) >= 11 is 0. The highest BCUT2D eigenvalue weighted by atomic mass is 16.8. The standard InChI is InChI=1S/C11H13N3O3/c1-2-3-7-12-11(15)8-5-4-6-9-10(8)13-17-14(9)16/h4-6H,2-3,7H2,1H3,(H,12,15). The largest absolute Gasteiger partial charge is 0.359 e. The number of amides is 1. The summed E-state index contributed by atoms with van der Waals surface area (Å²) in [5.41, 5.74) is 0.904. The first-order valence-electron chi connectivity index (χ1n) is 5.50. The van der Waals surface area contributed by atoms with Gasteiger partial charge in [0.15, 0.2) is 0 Å². The van der Waals surface area contributed by atoms with Crippen LogP contribution in [0.1, 0.15) is 30.1 Å². The van der Waals surface area contributed by atoms with E-state index in [9.17, 15) is 10.0 Å². The number of benzene rings is 1. The van der Waals surface area contributed by atoms with Crippen molar-refractivity contribution in [2.75, 3.05) is 6.54 Å². The van der Waals surface area contributed by atoms with Gasteiger partial charge in [-0.25, -0.2) is 0 Å². The Bertz CT molecular complexity index is 536. The summed E-state index contributed by atoms with van der Waals surface area (Å²) < 4.78 is 4.46. The Labute approximate surface area is 97.7 Å². The topological polar surface area (TPSA) is 82.1 Å². The summed E-state index contributed by atoms with van der Waals surface area (Å²) in [5.74, 6) is -0.238. The van der Waals surface area contributed by atoms with E-state index in [0.29, 0.717) is 12.1 Å². The molecule has 1 amide bonds. The van der Waals surface area contributed by atoms with Crippen LogP contribution >= 0.6 is 0 Å². The molecule has 17 heavy (non-hydrogen) atoms. The molecule has 0 aliphatic carbocycles. The van der Waals surface area contributed by atoms with Crippen LogP contribution in [0.4, 0.5) is 0 Å². The van der Waals surface area contributed by atoms with E-state index in [2.05, 4.69) is 15.1 Å². The first kappa shape index (κ1) is 11.4. The number of carbonyl (C=O) groups is 1. The van der Waals surface area contributed by atoms with Gasteiger partial charge in [0.1, 0.15) is 0 Å². The monoisotopic (exact) mass is 235 g/mol. The first-order chi connectivity index (χ1) is 8.24. The fourth-order valence-electron chi connectivity index (χ4n) is 1.55. The van der Waals surface area contributed by atoms with Crippen molar-refractivity contribution in [1.29, 1.82) is 0 Å². The average Bonchev–Trinajstić information content (AvgIpc) is 2.71. The Morgan fingerprint density at radius 3 is 3.18 bits per heavy atom. The van der Waals surface area contributed by atoms with E-state index in [1.807, 2.05) is 6.92 Å². The van der Waals surface area contributed by atoms with Crippen molar-refractivity contribution in [3.8, 4) is 0 Å². The molecule has 0 saturated heterocycles. The highest BCUT2D eigenvalue weighted by Gasteiger charge is 2.18. The molecule has 0 spiro atoms. The molecule has 0 aliphatic heterocycles. The lowest BCUT2D eigenvalue weighted by Gasteiger charge is -2.02. The molecular formula is C11H13N3O3. The van der Waals surface area contributed by atoms with Gasteiger partial charge >= 0.3 is 0 Å². The lowest BCUT2D eigenvalue weighted by Crippen LogP contribution is -2.25. The molecule has 1 aromatic carbocycles. The molecule has 1 N–H and O–H groups in total. The summed E-state index contributed by atoms with van der Waals surface area (Å²) in [5, 5.41) is 17.5. The second-order valence-corrected chi connectivity index (χ2v) is 3.71.